The number of rotatable bonds is 5. The van der Waals surface area contributed by atoms with Gasteiger partial charge in [0.15, 0.2) is 0 Å². The van der Waals surface area contributed by atoms with Gasteiger partial charge in [0.1, 0.15) is 5.82 Å². The number of hydrogen-bond donors (Lipinski definition) is 2. The van der Waals surface area contributed by atoms with Crippen molar-refractivity contribution in [1.82, 2.24) is 0 Å². The molecule has 0 radical (unpaired) electrons. The Bertz CT molecular complexity index is 342. The average molecular weight is 226 g/mol. The Morgan fingerprint density at radius 2 is 2.12 bits per heavy atom. The summed E-state index contributed by atoms with van der Waals surface area (Å²) in [6, 6.07) is 4.78. The molecule has 0 spiro atoms. The SMILES string of the molecule is CC(O)CCN(C)c1cc(F)cc(CN)c1. The third-order valence-electron chi connectivity index (χ3n) is 2.50. The van der Waals surface area contributed by atoms with Crippen LogP contribution in [0.1, 0.15) is 18.9 Å². The van der Waals surface area contributed by atoms with Crippen LogP contribution in [0.25, 0.3) is 0 Å². The van der Waals surface area contributed by atoms with Gasteiger partial charge in [0.05, 0.1) is 6.10 Å². The van der Waals surface area contributed by atoms with Crippen molar-refractivity contribution in [3.63, 3.8) is 0 Å². The summed E-state index contributed by atoms with van der Waals surface area (Å²) in [4.78, 5) is 1.91. The molecule has 0 aliphatic carbocycles. The van der Waals surface area contributed by atoms with E-state index in [0.717, 1.165) is 11.3 Å². The molecule has 0 bridgehead atoms. The highest BCUT2D eigenvalue weighted by atomic mass is 19.1. The minimum absolute atomic E-state index is 0.276. The fourth-order valence-electron chi connectivity index (χ4n) is 1.48. The number of anilines is 1. The zero-order valence-corrected chi connectivity index (χ0v) is 9.78. The molecule has 0 saturated heterocycles. The second-order valence-electron chi connectivity index (χ2n) is 4.08. The van der Waals surface area contributed by atoms with Gasteiger partial charge in [-0.05, 0) is 37.1 Å². The lowest BCUT2D eigenvalue weighted by Gasteiger charge is -2.20. The quantitative estimate of drug-likeness (QED) is 0.799. The van der Waals surface area contributed by atoms with Gasteiger partial charge in [-0.3, -0.25) is 0 Å². The van der Waals surface area contributed by atoms with Gasteiger partial charge in [-0.25, -0.2) is 4.39 Å². The van der Waals surface area contributed by atoms with Crippen molar-refractivity contribution in [3.8, 4) is 0 Å². The fourth-order valence-corrected chi connectivity index (χ4v) is 1.48. The topological polar surface area (TPSA) is 49.5 Å². The van der Waals surface area contributed by atoms with Crippen molar-refractivity contribution < 1.29 is 9.50 Å². The van der Waals surface area contributed by atoms with E-state index in [0.29, 0.717) is 19.5 Å². The summed E-state index contributed by atoms with van der Waals surface area (Å²) >= 11 is 0. The maximum atomic E-state index is 13.2. The van der Waals surface area contributed by atoms with Crippen LogP contribution in [0.4, 0.5) is 10.1 Å². The van der Waals surface area contributed by atoms with Crippen LogP contribution in [0.3, 0.4) is 0 Å². The van der Waals surface area contributed by atoms with Crippen LogP contribution < -0.4 is 10.6 Å². The summed E-state index contributed by atoms with van der Waals surface area (Å²) in [6.45, 7) is 2.75. The smallest absolute Gasteiger partial charge is 0.125 e. The van der Waals surface area contributed by atoms with Crippen molar-refractivity contribution >= 4 is 5.69 Å². The summed E-state index contributed by atoms with van der Waals surface area (Å²) in [6.07, 6.45) is 0.315. The van der Waals surface area contributed by atoms with Crippen molar-refractivity contribution in [1.29, 1.82) is 0 Å². The lowest BCUT2D eigenvalue weighted by atomic mass is 10.1. The molecule has 0 aliphatic heterocycles. The number of hydrogen-bond acceptors (Lipinski definition) is 3. The van der Waals surface area contributed by atoms with Gasteiger partial charge in [-0.1, -0.05) is 0 Å². The van der Waals surface area contributed by atoms with E-state index in [1.54, 1.807) is 6.92 Å². The van der Waals surface area contributed by atoms with E-state index in [2.05, 4.69) is 0 Å². The summed E-state index contributed by atoms with van der Waals surface area (Å²) in [7, 11) is 1.87. The molecule has 3 N–H and O–H groups in total. The highest BCUT2D eigenvalue weighted by molar-refractivity contribution is 5.48. The molecule has 0 fully saturated rings. The summed E-state index contributed by atoms with van der Waals surface area (Å²) in [5.74, 6) is -0.276. The molecule has 90 valence electrons. The predicted octanol–water partition coefficient (Wildman–Crippen LogP) is 1.49. The van der Waals surface area contributed by atoms with Gasteiger partial charge in [-0.2, -0.15) is 0 Å². The van der Waals surface area contributed by atoms with Crippen LogP contribution in [0, 0.1) is 5.82 Å². The number of benzene rings is 1. The van der Waals surface area contributed by atoms with E-state index in [4.69, 9.17) is 5.73 Å². The first-order valence-electron chi connectivity index (χ1n) is 5.41. The molecule has 1 aromatic carbocycles. The fraction of sp³-hybridized carbons (Fsp3) is 0.500. The number of halogens is 1. The van der Waals surface area contributed by atoms with E-state index in [9.17, 15) is 9.50 Å². The first-order valence-corrected chi connectivity index (χ1v) is 5.41. The van der Waals surface area contributed by atoms with Crippen molar-refractivity contribution in [3.05, 3.63) is 29.6 Å². The van der Waals surface area contributed by atoms with Crippen LogP contribution in [-0.2, 0) is 6.54 Å². The molecule has 0 aromatic heterocycles. The third kappa shape index (κ3) is 3.79. The number of nitrogens with two attached hydrogens (primary N) is 1. The van der Waals surface area contributed by atoms with Crippen LogP contribution >= 0.6 is 0 Å². The molecule has 0 aliphatic rings. The summed E-state index contributed by atoms with van der Waals surface area (Å²) in [5, 5.41) is 9.18. The molecule has 0 amide bonds. The summed E-state index contributed by atoms with van der Waals surface area (Å²) in [5.41, 5.74) is 7.05. The van der Waals surface area contributed by atoms with Crippen LogP contribution in [0.2, 0.25) is 0 Å². The molecule has 1 aromatic rings. The Kier molecular flexibility index (Phi) is 4.71. The van der Waals surface area contributed by atoms with E-state index in [1.165, 1.54) is 12.1 Å². The van der Waals surface area contributed by atoms with Crippen molar-refractivity contribution in [2.24, 2.45) is 5.73 Å². The highest BCUT2D eigenvalue weighted by Gasteiger charge is 2.06. The van der Waals surface area contributed by atoms with E-state index >= 15 is 0 Å². The molecule has 0 heterocycles. The lowest BCUT2D eigenvalue weighted by molar-refractivity contribution is 0.187. The molecular weight excluding hydrogens is 207 g/mol. The molecule has 4 heteroatoms. The second-order valence-corrected chi connectivity index (χ2v) is 4.08. The Hall–Kier alpha value is -1.13. The van der Waals surface area contributed by atoms with Gasteiger partial charge < -0.3 is 15.7 Å². The zero-order valence-electron chi connectivity index (χ0n) is 9.78. The Balaban J connectivity index is 2.74. The van der Waals surface area contributed by atoms with Crippen LogP contribution in [0.5, 0.6) is 0 Å². The van der Waals surface area contributed by atoms with E-state index in [-0.39, 0.29) is 11.9 Å². The van der Waals surface area contributed by atoms with Gasteiger partial charge in [0.2, 0.25) is 0 Å². The molecule has 1 atom stereocenters. The first kappa shape index (κ1) is 12.9. The number of aliphatic hydroxyl groups is 1. The van der Waals surface area contributed by atoms with Crippen molar-refractivity contribution in [2.75, 3.05) is 18.5 Å². The molecule has 1 rings (SSSR count). The van der Waals surface area contributed by atoms with Gasteiger partial charge >= 0.3 is 0 Å². The average Bonchev–Trinajstić information content (AvgIpc) is 2.24. The van der Waals surface area contributed by atoms with Gasteiger partial charge in [-0.15, -0.1) is 0 Å². The van der Waals surface area contributed by atoms with Crippen molar-refractivity contribution in [2.45, 2.75) is 26.0 Å². The Morgan fingerprint density at radius 3 is 2.69 bits per heavy atom. The van der Waals surface area contributed by atoms with E-state index in [1.807, 2.05) is 18.0 Å². The largest absolute Gasteiger partial charge is 0.393 e. The second kappa shape index (κ2) is 5.82. The normalized spacial score (nSPS) is 12.6. The standard InChI is InChI=1S/C12H19FN2O/c1-9(16)3-4-15(2)12-6-10(8-14)5-11(13)7-12/h5-7,9,16H,3-4,8,14H2,1-2H3. The highest BCUT2D eigenvalue weighted by Crippen LogP contribution is 2.17. The van der Waals surface area contributed by atoms with Crippen LogP contribution in [0.15, 0.2) is 18.2 Å². The minimum atomic E-state index is -0.343. The maximum Gasteiger partial charge on any atom is 0.125 e. The first-order chi connectivity index (χ1) is 7.52. The summed E-state index contributed by atoms with van der Waals surface area (Å²) < 4.78 is 13.2. The molecule has 0 saturated carbocycles. The zero-order chi connectivity index (χ0) is 12.1. The third-order valence-corrected chi connectivity index (χ3v) is 2.50. The Labute approximate surface area is 95.7 Å². The van der Waals surface area contributed by atoms with Gasteiger partial charge in [0, 0.05) is 25.8 Å². The Morgan fingerprint density at radius 1 is 1.44 bits per heavy atom. The molecule has 1 unspecified atom stereocenters. The number of aliphatic hydroxyl groups excluding tert-OH is 1. The van der Waals surface area contributed by atoms with Gasteiger partial charge in [0.25, 0.3) is 0 Å². The predicted molar refractivity (Wildman–Crippen MR) is 63.9 cm³/mol. The number of nitrogens with zero attached hydrogens (tertiary/aromatic N) is 1. The monoisotopic (exact) mass is 226 g/mol. The molecule has 3 nitrogen and oxygen atoms in total. The van der Waals surface area contributed by atoms with Crippen LogP contribution in [-0.4, -0.2) is 24.8 Å². The minimum Gasteiger partial charge on any atom is -0.393 e. The molecular formula is C12H19FN2O. The maximum absolute atomic E-state index is 13.2. The lowest BCUT2D eigenvalue weighted by Crippen LogP contribution is -2.22. The van der Waals surface area contributed by atoms with E-state index < -0.39 is 0 Å². The molecule has 16 heavy (non-hydrogen) atoms.